The van der Waals surface area contributed by atoms with Crippen LogP contribution in [0.4, 0.5) is 4.39 Å². The van der Waals surface area contributed by atoms with Crippen LogP contribution in [-0.2, 0) is 23.1 Å². The van der Waals surface area contributed by atoms with E-state index in [1.165, 1.54) is 6.07 Å². The second-order valence-corrected chi connectivity index (χ2v) is 9.16. The highest BCUT2D eigenvalue weighted by Gasteiger charge is 2.27. The molecule has 0 saturated carbocycles. The zero-order valence-electron chi connectivity index (χ0n) is 18.7. The lowest BCUT2D eigenvalue weighted by Crippen LogP contribution is -2.34. The van der Waals surface area contributed by atoms with Crippen molar-refractivity contribution in [2.24, 2.45) is 0 Å². The predicted octanol–water partition coefficient (Wildman–Crippen LogP) is 3.62. The first-order valence-corrected chi connectivity index (χ1v) is 10.7. The average Bonchev–Trinajstić information content (AvgIpc) is 3.39. The van der Waals surface area contributed by atoms with Gasteiger partial charge in [-0.2, -0.15) is 5.16 Å². The molecule has 2 aromatic carbocycles. The number of carbonyl (C=O) groups excluding carboxylic acids is 2. The number of hydrogen-bond donors (Lipinski definition) is 2. The molecule has 0 radical (unpaired) electrons. The monoisotopic (exact) mass is 452 g/mol. The van der Waals surface area contributed by atoms with E-state index in [0.717, 1.165) is 17.4 Å². The first-order valence-electron chi connectivity index (χ1n) is 10.7. The molecule has 4 rings (SSSR count). The van der Waals surface area contributed by atoms with Gasteiger partial charge in [-0.3, -0.25) is 14.4 Å². The Labute approximate surface area is 189 Å². The lowest BCUT2D eigenvalue weighted by molar-refractivity contribution is -0.120. The Kier molecular flexibility index (Phi) is 5.93. The quantitative estimate of drug-likeness (QED) is 0.595. The van der Waals surface area contributed by atoms with Gasteiger partial charge < -0.3 is 14.6 Å². The second kappa shape index (κ2) is 8.69. The topological polar surface area (TPSA) is 101 Å². The summed E-state index contributed by atoms with van der Waals surface area (Å²) in [5, 5.41) is 4.70. The van der Waals surface area contributed by atoms with Crippen LogP contribution in [0.2, 0.25) is 0 Å². The van der Waals surface area contributed by atoms with Gasteiger partial charge in [0.15, 0.2) is 5.78 Å². The number of carbonyl (C=O) groups is 2. The Hall–Kier alpha value is -3.68. The third kappa shape index (κ3) is 4.89. The minimum Gasteiger partial charge on any atom is -0.493 e. The van der Waals surface area contributed by atoms with E-state index in [9.17, 15) is 18.8 Å². The summed E-state index contributed by atoms with van der Waals surface area (Å²) in [6.07, 6.45) is 0.612. The van der Waals surface area contributed by atoms with Gasteiger partial charge in [0.05, 0.1) is 12.7 Å². The fourth-order valence-electron chi connectivity index (χ4n) is 3.91. The summed E-state index contributed by atoms with van der Waals surface area (Å²) in [5.41, 5.74) is 1.64. The van der Waals surface area contributed by atoms with E-state index < -0.39 is 17.5 Å². The molecule has 33 heavy (non-hydrogen) atoms. The summed E-state index contributed by atoms with van der Waals surface area (Å²) in [7, 11) is 0. The lowest BCUT2D eigenvalue weighted by atomic mass is 9.85. The summed E-state index contributed by atoms with van der Waals surface area (Å²) in [5.74, 6) is -0.909. The molecule has 0 bridgehead atoms. The van der Waals surface area contributed by atoms with Crippen molar-refractivity contribution in [3.05, 3.63) is 86.6 Å². The van der Waals surface area contributed by atoms with Crippen molar-refractivity contribution in [2.75, 3.05) is 6.61 Å². The number of halogens is 1. The first-order chi connectivity index (χ1) is 15.6. The zero-order valence-corrected chi connectivity index (χ0v) is 18.7. The van der Waals surface area contributed by atoms with Gasteiger partial charge in [0.25, 0.3) is 11.5 Å². The standard InChI is InChI=1S/C25H25FN2O5/c1-25(2,3)17-6-4-14(10-18(17)26)11-19(29)23(27-24(31)21-13-22(30)28-33-21)16-5-7-20-15(12-16)8-9-32-20/h4-7,10,12-13,23H,8-9,11H2,1-3H3,(H,27,31)(H,28,30). The number of amides is 1. The van der Waals surface area contributed by atoms with Crippen molar-refractivity contribution in [2.45, 2.75) is 45.1 Å². The third-order valence-electron chi connectivity index (χ3n) is 5.61. The molecule has 172 valence electrons. The Balaban J connectivity index is 1.62. The molecular formula is C25H25FN2O5. The van der Waals surface area contributed by atoms with Crippen LogP contribution in [-0.4, -0.2) is 23.5 Å². The second-order valence-electron chi connectivity index (χ2n) is 9.16. The Morgan fingerprint density at radius 3 is 2.61 bits per heavy atom. The van der Waals surface area contributed by atoms with E-state index in [1.807, 2.05) is 26.8 Å². The van der Waals surface area contributed by atoms with Crippen molar-refractivity contribution in [1.82, 2.24) is 10.5 Å². The van der Waals surface area contributed by atoms with Gasteiger partial charge in [0.2, 0.25) is 5.76 Å². The molecule has 0 fully saturated rings. The highest BCUT2D eigenvalue weighted by Crippen LogP contribution is 2.30. The van der Waals surface area contributed by atoms with Gasteiger partial charge >= 0.3 is 0 Å². The van der Waals surface area contributed by atoms with Crippen molar-refractivity contribution >= 4 is 11.7 Å². The van der Waals surface area contributed by atoms with Crippen LogP contribution in [0.3, 0.4) is 0 Å². The molecule has 1 aliphatic heterocycles. The van der Waals surface area contributed by atoms with Gasteiger partial charge in [0, 0.05) is 12.8 Å². The molecule has 2 N–H and O–H groups in total. The van der Waals surface area contributed by atoms with Crippen molar-refractivity contribution in [3.63, 3.8) is 0 Å². The molecule has 0 aliphatic carbocycles. The average molecular weight is 452 g/mol. The first kappa shape index (κ1) is 22.5. The summed E-state index contributed by atoms with van der Waals surface area (Å²) < 4.78 is 25.1. The van der Waals surface area contributed by atoms with Gasteiger partial charge in [-0.1, -0.05) is 39.0 Å². The van der Waals surface area contributed by atoms with E-state index in [1.54, 1.807) is 24.3 Å². The molecule has 7 nitrogen and oxygen atoms in total. The van der Waals surface area contributed by atoms with Gasteiger partial charge in [0.1, 0.15) is 17.6 Å². The highest BCUT2D eigenvalue weighted by atomic mass is 19.1. The smallest absolute Gasteiger partial charge is 0.290 e. The maximum absolute atomic E-state index is 14.7. The molecule has 1 atom stereocenters. The number of ketones is 1. The number of ether oxygens (including phenoxy) is 1. The fraction of sp³-hybridized carbons (Fsp3) is 0.320. The summed E-state index contributed by atoms with van der Waals surface area (Å²) in [4.78, 5) is 37.3. The molecule has 8 heteroatoms. The number of nitrogens with one attached hydrogen (secondary N) is 2. The molecule has 1 aromatic heterocycles. The van der Waals surface area contributed by atoms with Crippen LogP contribution < -0.4 is 15.6 Å². The van der Waals surface area contributed by atoms with Gasteiger partial charge in [-0.15, -0.1) is 0 Å². The van der Waals surface area contributed by atoms with E-state index in [4.69, 9.17) is 9.26 Å². The van der Waals surface area contributed by atoms with Crippen molar-refractivity contribution in [1.29, 1.82) is 0 Å². The maximum Gasteiger partial charge on any atom is 0.290 e. The van der Waals surface area contributed by atoms with Crippen LogP contribution in [0.5, 0.6) is 5.75 Å². The summed E-state index contributed by atoms with van der Waals surface area (Å²) in [6, 6.07) is 10.1. The third-order valence-corrected chi connectivity index (χ3v) is 5.61. The molecular weight excluding hydrogens is 427 g/mol. The number of hydrogen-bond acceptors (Lipinski definition) is 5. The van der Waals surface area contributed by atoms with Crippen LogP contribution in [0.1, 0.15) is 59.6 Å². The molecule has 0 saturated heterocycles. The molecule has 1 unspecified atom stereocenters. The number of benzene rings is 2. The summed E-state index contributed by atoms with van der Waals surface area (Å²) >= 11 is 0. The number of fused-ring (bicyclic) bond motifs is 1. The Bertz CT molecular complexity index is 1270. The lowest BCUT2D eigenvalue weighted by Gasteiger charge is -2.21. The number of aromatic nitrogens is 1. The molecule has 0 spiro atoms. The van der Waals surface area contributed by atoms with Gasteiger partial charge in [-0.25, -0.2) is 4.39 Å². The minimum atomic E-state index is -1.02. The largest absolute Gasteiger partial charge is 0.493 e. The van der Waals surface area contributed by atoms with Crippen LogP contribution in [0.25, 0.3) is 0 Å². The van der Waals surface area contributed by atoms with E-state index >= 15 is 0 Å². The van der Waals surface area contributed by atoms with Crippen LogP contribution in [0.15, 0.2) is 51.8 Å². The molecule has 3 aromatic rings. The number of aromatic amines is 1. The Morgan fingerprint density at radius 2 is 1.94 bits per heavy atom. The Morgan fingerprint density at radius 1 is 1.15 bits per heavy atom. The van der Waals surface area contributed by atoms with Crippen LogP contribution in [0, 0.1) is 5.82 Å². The molecule has 2 heterocycles. The number of H-pyrrole nitrogens is 1. The number of rotatable bonds is 6. The summed E-state index contributed by atoms with van der Waals surface area (Å²) in [6.45, 7) is 6.30. The number of Topliss-reactive ketones (excluding diaryl/α,β-unsaturated/α-hetero) is 1. The predicted molar refractivity (Wildman–Crippen MR) is 119 cm³/mol. The van der Waals surface area contributed by atoms with E-state index in [-0.39, 0.29) is 29.2 Å². The van der Waals surface area contributed by atoms with Crippen molar-refractivity contribution < 1.29 is 23.2 Å². The normalized spacial score (nSPS) is 13.8. The maximum atomic E-state index is 14.7. The van der Waals surface area contributed by atoms with Gasteiger partial charge in [-0.05, 0) is 45.9 Å². The highest BCUT2D eigenvalue weighted by molar-refractivity contribution is 5.97. The van der Waals surface area contributed by atoms with Crippen LogP contribution >= 0.6 is 0 Å². The SMILES string of the molecule is CC(C)(C)c1ccc(CC(=O)C(NC(=O)c2cc(=O)[nH]o2)c2ccc3c(c2)CCO3)cc1F. The zero-order chi connectivity index (χ0) is 23.8. The molecule has 1 aliphatic rings. The fourth-order valence-corrected chi connectivity index (χ4v) is 3.91. The van der Waals surface area contributed by atoms with E-state index in [2.05, 4.69) is 10.5 Å². The minimum absolute atomic E-state index is 0.0863. The van der Waals surface area contributed by atoms with E-state index in [0.29, 0.717) is 29.7 Å². The molecule has 1 amide bonds. The van der Waals surface area contributed by atoms with Crippen molar-refractivity contribution in [3.8, 4) is 5.75 Å².